The van der Waals surface area contributed by atoms with Gasteiger partial charge in [-0.1, -0.05) is 52.5 Å². The molecule has 88 valence electrons. The highest BCUT2D eigenvalue weighted by atomic mass is 35.5. The zero-order valence-corrected chi connectivity index (χ0v) is 11.0. The van der Waals surface area contributed by atoms with E-state index in [1.54, 1.807) is 18.2 Å². The molecule has 0 bridgehead atoms. The molecule has 17 heavy (non-hydrogen) atoms. The van der Waals surface area contributed by atoms with Gasteiger partial charge in [-0.3, -0.25) is 0 Å². The quantitative estimate of drug-likeness (QED) is 0.700. The van der Waals surface area contributed by atoms with Crippen molar-refractivity contribution in [2.24, 2.45) is 0 Å². The predicted molar refractivity (Wildman–Crippen MR) is 67.5 cm³/mol. The van der Waals surface area contributed by atoms with Crippen LogP contribution in [0.2, 0.25) is 20.4 Å². The number of hydrogen-bond donors (Lipinski definition) is 0. The molecule has 7 heteroatoms. The standard InChI is InChI=1S/C10H3Cl4FN2/c11-5-3-1-2-4(6(5)12)10-16-8(13)7(15)9(14)17-10/h1-3H. The van der Waals surface area contributed by atoms with Crippen LogP contribution in [-0.4, -0.2) is 9.97 Å². The van der Waals surface area contributed by atoms with Crippen molar-refractivity contribution in [3.63, 3.8) is 0 Å². The van der Waals surface area contributed by atoms with Crippen LogP contribution in [-0.2, 0) is 0 Å². The molecular formula is C10H3Cl4FN2. The summed E-state index contributed by atoms with van der Waals surface area (Å²) in [7, 11) is 0. The third-order valence-electron chi connectivity index (χ3n) is 1.96. The highest BCUT2D eigenvalue weighted by molar-refractivity contribution is 6.43. The molecule has 2 aromatic rings. The Morgan fingerprint density at radius 3 is 2.12 bits per heavy atom. The molecule has 0 atom stereocenters. The molecule has 0 unspecified atom stereocenters. The maximum absolute atomic E-state index is 13.2. The fourth-order valence-electron chi connectivity index (χ4n) is 1.19. The van der Waals surface area contributed by atoms with Crippen LogP contribution in [0.15, 0.2) is 18.2 Å². The lowest BCUT2D eigenvalue weighted by molar-refractivity contribution is 0.615. The first-order valence-electron chi connectivity index (χ1n) is 4.33. The molecule has 1 aromatic heterocycles. The predicted octanol–water partition coefficient (Wildman–Crippen LogP) is 4.90. The fraction of sp³-hybridized carbons (Fsp3) is 0. The van der Waals surface area contributed by atoms with Gasteiger partial charge in [-0.15, -0.1) is 0 Å². The van der Waals surface area contributed by atoms with E-state index in [1.807, 2.05) is 0 Å². The van der Waals surface area contributed by atoms with Gasteiger partial charge in [0.1, 0.15) is 0 Å². The number of nitrogens with zero attached hydrogens (tertiary/aromatic N) is 2. The minimum Gasteiger partial charge on any atom is -0.213 e. The topological polar surface area (TPSA) is 25.8 Å². The summed E-state index contributed by atoms with van der Waals surface area (Å²) in [5.74, 6) is -0.746. The Balaban J connectivity index is 2.65. The van der Waals surface area contributed by atoms with Crippen LogP contribution < -0.4 is 0 Å². The molecular weight excluding hydrogens is 309 g/mol. The van der Waals surface area contributed by atoms with E-state index in [2.05, 4.69) is 9.97 Å². The summed E-state index contributed by atoms with van der Waals surface area (Å²) in [5, 5.41) is -0.135. The van der Waals surface area contributed by atoms with E-state index >= 15 is 0 Å². The summed E-state index contributed by atoms with van der Waals surface area (Å²) in [5.41, 5.74) is 0.433. The molecule has 1 heterocycles. The van der Waals surface area contributed by atoms with Crippen LogP contribution in [0.25, 0.3) is 11.4 Å². The van der Waals surface area contributed by atoms with Gasteiger partial charge in [-0.25, -0.2) is 14.4 Å². The van der Waals surface area contributed by atoms with Gasteiger partial charge >= 0.3 is 0 Å². The van der Waals surface area contributed by atoms with Crippen LogP contribution in [0.4, 0.5) is 4.39 Å². The second-order valence-corrected chi connectivity index (χ2v) is 4.55. The van der Waals surface area contributed by atoms with E-state index in [9.17, 15) is 4.39 Å². The van der Waals surface area contributed by atoms with Crippen molar-refractivity contribution >= 4 is 46.4 Å². The van der Waals surface area contributed by atoms with Crippen molar-refractivity contribution in [1.82, 2.24) is 9.97 Å². The summed E-state index contributed by atoms with van der Waals surface area (Å²) in [6.07, 6.45) is 0. The van der Waals surface area contributed by atoms with Crippen molar-refractivity contribution in [3.05, 3.63) is 44.4 Å². The second-order valence-electron chi connectivity index (χ2n) is 3.04. The molecule has 0 aliphatic heterocycles. The van der Waals surface area contributed by atoms with Gasteiger partial charge in [0.05, 0.1) is 10.0 Å². The number of aromatic nitrogens is 2. The van der Waals surface area contributed by atoms with Gasteiger partial charge in [0.2, 0.25) is 0 Å². The molecule has 0 saturated carbocycles. The molecule has 0 saturated heterocycles. The summed E-state index contributed by atoms with van der Waals surface area (Å²) < 4.78 is 13.2. The van der Waals surface area contributed by atoms with Crippen molar-refractivity contribution in [2.75, 3.05) is 0 Å². The maximum Gasteiger partial charge on any atom is 0.197 e. The summed E-state index contributed by atoms with van der Waals surface area (Å²) in [6, 6.07) is 4.91. The highest BCUT2D eigenvalue weighted by Crippen LogP contribution is 2.33. The SMILES string of the molecule is Fc1c(Cl)nc(-c2cccc(Cl)c2Cl)nc1Cl. The second kappa shape index (κ2) is 4.94. The number of rotatable bonds is 1. The molecule has 0 fully saturated rings. The lowest BCUT2D eigenvalue weighted by Gasteiger charge is -2.05. The fourth-order valence-corrected chi connectivity index (χ4v) is 1.96. The zero-order chi connectivity index (χ0) is 12.6. The van der Waals surface area contributed by atoms with E-state index in [-0.39, 0.29) is 21.2 Å². The monoisotopic (exact) mass is 310 g/mol. The Hall–Kier alpha value is -0.610. The number of hydrogen-bond acceptors (Lipinski definition) is 2. The Kier molecular flexibility index (Phi) is 3.73. The lowest BCUT2D eigenvalue weighted by Crippen LogP contribution is -1.95. The van der Waals surface area contributed by atoms with Crippen molar-refractivity contribution in [1.29, 1.82) is 0 Å². The van der Waals surface area contributed by atoms with Crippen LogP contribution in [0.3, 0.4) is 0 Å². The molecule has 0 amide bonds. The Bertz CT molecular complexity index is 566. The molecule has 1 aromatic carbocycles. The first kappa shape index (κ1) is 12.8. The largest absolute Gasteiger partial charge is 0.213 e. The Morgan fingerprint density at radius 1 is 0.941 bits per heavy atom. The average molecular weight is 312 g/mol. The van der Waals surface area contributed by atoms with Gasteiger partial charge in [0, 0.05) is 5.56 Å². The van der Waals surface area contributed by atoms with Crippen molar-refractivity contribution in [3.8, 4) is 11.4 Å². The zero-order valence-electron chi connectivity index (χ0n) is 8.02. The van der Waals surface area contributed by atoms with Crippen molar-refractivity contribution < 1.29 is 4.39 Å². The molecule has 0 N–H and O–H groups in total. The number of halogens is 5. The first-order chi connectivity index (χ1) is 8.00. The average Bonchev–Trinajstić information content (AvgIpc) is 2.29. The molecule has 2 nitrogen and oxygen atoms in total. The smallest absolute Gasteiger partial charge is 0.197 e. The van der Waals surface area contributed by atoms with Crippen molar-refractivity contribution in [2.45, 2.75) is 0 Å². The highest BCUT2D eigenvalue weighted by Gasteiger charge is 2.15. The van der Waals surface area contributed by atoms with E-state index in [0.717, 1.165) is 0 Å². The number of benzene rings is 1. The summed E-state index contributed by atoms with van der Waals surface area (Å²) >= 11 is 23.0. The Morgan fingerprint density at radius 2 is 1.53 bits per heavy atom. The third kappa shape index (κ3) is 2.47. The van der Waals surface area contributed by atoms with Crippen LogP contribution in [0.5, 0.6) is 0 Å². The van der Waals surface area contributed by atoms with E-state index in [0.29, 0.717) is 10.6 Å². The van der Waals surface area contributed by atoms with Crippen LogP contribution in [0, 0.1) is 5.82 Å². The van der Waals surface area contributed by atoms with Gasteiger partial charge in [-0.05, 0) is 12.1 Å². The van der Waals surface area contributed by atoms with E-state index < -0.39 is 5.82 Å². The minimum atomic E-state index is -0.866. The Labute approximate surface area is 116 Å². The molecule has 0 radical (unpaired) electrons. The third-order valence-corrected chi connectivity index (χ3v) is 3.28. The van der Waals surface area contributed by atoms with Crippen LogP contribution >= 0.6 is 46.4 Å². The van der Waals surface area contributed by atoms with Gasteiger partial charge < -0.3 is 0 Å². The van der Waals surface area contributed by atoms with Gasteiger partial charge in [-0.2, -0.15) is 0 Å². The molecule has 0 aliphatic rings. The summed E-state index contributed by atoms with van der Waals surface area (Å²) in [4.78, 5) is 7.52. The van der Waals surface area contributed by atoms with Gasteiger partial charge in [0.25, 0.3) is 0 Å². The molecule has 2 rings (SSSR count). The van der Waals surface area contributed by atoms with Gasteiger partial charge in [0.15, 0.2) is 21.9 Å². The minimum absolute atomic E-state index is 0.119. The normalized spacial score (nSPS) is 10.6. The van der Waals surface area contributed by atoms with Crippen LogP contribution in [0.1, 0.15) is 0 Å². The maximum atomic E-state index is 13.2. The molecule has 0 spiro atoms. The van der Waals surface area contributed by atoms with E-state index in [4.69, 9.17) is 46.4 Å². The van der Waals surface area contributed by atoms with E-state index in [1.165, 1.54) is 0 Å². The molecule has 0 aliphatic carbocycles. The first-order valence-corrected chi connectivity index (χ1v) is 5.85. The lowest BCUT2D eigenvalue weighted by atomic mass is 10.2. The summed E-state index contributed by atoms with van der Waals surface area (Å²) in [6.45, 7) is 0.